The van der Waals surface area contributed by atoms with Crippen molar-refractivity contribution in [2.75, 3.05) is 0 Å². The monoisotopic (exact) mass is 206 g/mol. The van der Waals surface area contributed by atoms with Gasteiger partial charge in [0.1, 0.15) is 12.4 Å². The predicted molar refractivity (Wildman–Crippen MR) is 60.5 cm³/mol. The van der Waals surface area contributed by atoms with E-state index >= 15 is 0 Å². The van der Waals surface area contributed by atoms with Crippen molar-refractivity contribution in [3.05, 3.63) is 35.9 Å². The van der Waals surface area contributed by atoms with Gasteiger partial charge >= 0.3 is 0 Å². The highest BCUT2D eigenvalue weighted by molar-refractivity contribution is 5.56. The van der Waals surface area contributed by atoms with Crippen LogP contribution in [0.25, 0.3) is 0 Å². The van der Waals surface area contributed by atoms with Gasteiger partial charge in [-0.15, -0.1) is 0 Å². The van der Waals surface area contributed by atoms with Crippen LogP contribution in [0.4, 0.5) is 0 Å². The number of hydrogen-bond acceptors (Lipinski definition) is 2. The van der Waals surface area contributed by atoms with Gasteiger partial charge in [-0.2, -0.15) is 0 Å². The molecule has 82 valence electrons. The van der Waals surface area contributed by atoms with Crippen LogP contribution in [0, 0.1) is 5.92 Å². The van der Waals surface area contributed by atoms with E-state index in [1.54, 1.807) is 0 Å². The minimum atomic E-state index is -0.282. The number of benzene rings is 1. The maximum atomic E-state index is 10.8. The van der Waals surface area contributed by atoms with Crippen molar-refractivity contribution < 1.29 is 9.53 Å². The topological polar surface area (TPSA) is 26.3 Å². The van der Waals surface area contributed by atoms with Gasteiger partial charge in [-0.25, -0.2) is 0 Å². The number of carbonyl (C=O) groups excluding carboxylic acids is 1. The van der Waals surface area contributed by atoms with Crippen molar-refractivity contribution in [2.24, 2.45) is 5.92 Å². The van der Waals surface area contributed by atoms with Crippen LogP contribution in [-0.4, -0.2) is 12.4 Å². The number of hydrogen-bond donors (Lipinski definition) is 0. The number of carbonyl (C=O) groups is 1. The highest BCUT2D eigenvalue weighted by Crippen LogP contribution is 2.12. The van der Waals surface area contributed by atoms with Crippen molar-refractivity contribution >= 4 is 6.29 Å². The third-order valence-corrected chi connectivity index (χ3v) is 2.62. The molecule has 15 heavy (non-hydrogen) atoms. The molecule has 1 aromatic rings. The normalized spacial score (nSPS) is 14.5. The standard InChI is InChI=1S/C13H18O2/c1-3-11(2)13(9-14)15-10-12-7-5-4-6-8-12/h4-9,11,13H,3,10H2,1-2H3/t11?,13-/m1/s1. The molecule has 0 amide bonds. The summed E-state index contributed by atoms with van der Waals surface area (Å²) in [5.74, 6) is 0.284. The van der Waals surface area contributed by atoms with Crippen LogP contribution in [0.2, 0.25) is 0 Å². The van der Waals surface area contributed by atoms with Gasteiger partial charge in [0, 0.05) is 0 Å². The molecular weight excluding hydrogens is 188 g/mol. The van der Waals surface area contributed by atoms with Crippen molar-refractivity contribution in [2.45, 2.75) is 33.0 Å². The van der Waals surface area contributed by atoms with Crippen molar-refractivity contribution in [3.8, 4) is 0 Å². The second-order valence-corrected chi connectivity index (χ2v) is 3.78. The lowest BCUT2D eigenvalue weighted by molar-refractivity contribution is -0.122. The van der Waals surface area contributed by atoms with Crippen LogP contribution in [0.5, 0.6) is 0 Å². The molecule has 0 saturated carbocycles. The van der Waals surface area contributed by atoms with Crippen LogP contribution in [0.3, 0.4) is 0 Å². The lowest BCUT2D eigenvalue weighted by atomic mass is 10.0. The van der Waals surface area contributed by atoms with E-state index in [0.717, 1.165) is 18.3 Å². The maximum Gasteiger partial charge on any atom is 0.149 e. The Balaban J connectivity index is 2.44. The summed E-state index contributed by atoms with van der Waals surface area (Å²) in [4.78, 5) is 10.8. The van der Waals surface area contributed by atoms with Gasteiger partial charge in [0.05, 0.1) is 6.61 Å². The maximum absolute atomic E-state index is 10.8. The largest absolute Gasteiger partial charge is 0.366 e. The predicted octanol–water partition coefficient (Wildman–Crippen LogP) is 2.82. The van der Waals surface area contributed by atoms with Crippen LogP contribution in [0.15, 0.2) is 30.3 Å². The second-order valence-electron chi connectivity index (χ2n) is 3.78. The van der Waals surface area contributed by atoms with Crippen molar-refractivity contribution in [3.63, 3.8) is 0 Å². The number of ether oxygens (including phenoxy) is 1. The van der Waals surface area contributed by atoms with Gasteiger partial charge in [-0.05, 0) is 11.5 Å². The summed E-state index contributed by atoms with van der Waals surface area (Å²) in [6.07, 6.45) is 1.57. The highest BCUT2D eigenvalue weighted by Gasteiger charge is 2.14. The number of rotatable bonds is 6. The van der Waals surface area contributed by atoms with Gasteiger partial charge < -0.3 is 9.53 Å². The molecule has 1 unspecified atom stereocenters. The Morgan fingerprint density at radius 3 is 2.53 bits per heavy atom. The van der Waals surface area contributed by atoms with E-state index in [2.05, 4.69) is 6.92 Å². The zero-order chi connectivity index (χ0) is 11.1. The molecule has 0 N–H and O–H groups in total. The quantitative estimate of drug-likeness (QED) is 0.669. The fourth-order valence-corrected chi connectivity index (χ4v) is 1.34. The van der Waals surface area contributed by atoms with Crippen LogP contribution in [-0.2, 0) is 16.1 Å². The first kappa shape index (κ1) is 11.9. The summed E-state index contributed by atoms with van der Waals surface area (Å²) < 4.78 is 5.56. The molecule has 0 heterocycles. The fraction of sp³-hybridized carbons (Fsp3) is 0.462. The van der Waals surface area contributed by atoms with E-state index in [1.165, 1.54) is 0 Å². The van der Waals surface area contributed by atoms with Crippen molar-refractivity contribution in [1.82, 2.24) is 0 Å². The molecule has 0 aliphatic carbocycles. The van der Waals surface area contributed by atoms with Crippen molar-refractivity contribution in [1.29, 1.82) is 0 Å². The first-order valence-corrected chi connectivity index (χ1v) is 5.38. The van der Waals surface area contributed by atoms with Gasteiger partial charge in [-0.1, -0.05) is 50.6 Å². The lowest BCUT2D eigenvalue weighted by Gasteiger charge is -2.17. The molecule has 0 fully saturated rings. The fourth-order valence-electron chi connectivity index (χ4n) is 1.34. The molecule has 0 bridgehead atoms. The molecule has 1 aromatic carbocycles. The van der Waals surface area contributed by atoms with Gasteiger partial charge in [-0.3, -0.25) is 0 Å². The van der Waals surface area contributed by atoms with E-state index in [0.29, 0.717) is 6.61 Å². The molecule has 2 atom stereocenters. The zero-order valence-corrected chi connectivity index (χ0v) is 9.35. The second kappa shape index (κ2) is 6.36. The summed E-state index contributed by atoms with van der Waals surface area (Å²) in [7, 11) is 0. The molecule has 1 rings (SSSR count). The SMILES string of the molecule is CCC(C)[C@@H](C=O)OCc1ccccc1. The van der Waals surface area contributed by atoms with Gasteiger partial charge in [0.2, 0.25) is 0 Å². The summed E-state index contributed by atoms with van der Waals surface area (Å²) in [6, 6.07) is 9.90. The smallest absolute Gasteiger partial charge is 0.149 e. The Morgan fingerprint density at radius 2 is 2.00 bits per heavy atom. The molecule has 0 saturated heterocycles. The van der Waals surface area contributed by atoms with E-state index < -0.39 is 0 Å². The first-order valence-electron chi connectivity index (χ1n) is 5.38. The molecule has 0 spiro atoms. The average Bonchev–Trinajstić information content (AvgIpc) is 2.31. The summed E-state index contributed by atoms with van der Waals surface area (Å²) in [5, 5.41) is 0. The average molecular weight is 206 g/mol. The van der Waals surface area contributed by atoms with Crippen LogP contribution < -0.4 is 0 Å². The summed E-state index contributed by atoms with van der Waals surface area (Å²) in [5.41, 5.74) is 1.10. The Hall–Kier alpha value is -1.15. The van der Waals surface area contributed by atoms with E-state index in [-0.39, 0.29) is 12.0 Å². The molecule has 2 heteroatoms. The van der Waals surface area contributed by atoms with Crippen LogP contribution in [0.1, 0.15) is 25.8 Å². The molecule has 0 aliphatic rings. The molecule has 0 aromatic heterocycles. The van der Waals surface area contributed by atoms with Gasteiger partial charge in [0.25, 0.3) is 0 Å². The highest BCUT2D eigenvalue weighted by atomic mass is 16.5. The van der Waals surface area contributed by atoms with E-state index in [1.807, 2.05) is 37.3 Å². The Labute approximate surface area is 91.3 Å². The van der Waals surface area contributed by atoms with E-state index in [9.17, 15) is 4.79 Å². The summed E-state index contributed by atoms with van der Waals surface area (Å²) in [6.45, 7) is 4.60. The molecule has 2 nitrogen and oxygen atoms in total. The third kappa shape index (κ3) is 3.84. The zero-order valence-electron chi connectivity index (χ0n) is 9.35. The lowest BCUT2D eigenvalue weighted by Crippen LogP contribution is -2.22. The van der Waals surface area contributed by atoms with Gasteiger partial charge in [0.15, 0.2) is 0 Å². The first-order chi connectivity index (χ1) is 7.27. The van der Waals surface area contributed by atoms with Crippen LogP contribution >= 0.6 is 0 Å². The Morgan fingerprint density at radius 1 is 1.33 bits per heavy atom. The molecule has 0 radical (unpaired) electrons. The van der Waals surface area contributed by atoms with E-state index in [4.69, 9.17) is 4.74 Å². The summed E-state index contributed by atoms with van der Waals surface area (Å²) >= 11 is 0. The third-order valence-electron chi connectivity index (χ3n) is 2.62. The Kier molecular flexibility index (Phi) is 5.05. The number of aldehydes is 1. The Bertz CT molecular complexity index is 282. The molecule has 0 aliphatic heterocycles. The molecular formula is C13H18O2. The minimum absolute atomic E-state index is 0.282. The minimum Gasteiger partial charge on any atom is -0.366 e.